The summed E-state index contributed by atoms with van der Waals surface area (Å²) in [5.74, 6) is -0.598. The predicted molar refractivity (Wildman–Crippen MR) is 115 cm³/mol. The van der Waals surface area contributed by atoms with Gasteiger partial charge in [0.15, 0.2) is 0 Å². The first-order chi connectivity index (χ1) is 14.0. The van der Waals surface area contributed by atoms with Crippen molar-refractivity contribution in [2.45, 2.75) is 37.6 Å². The molecule has 1 fully saturated rings. The van der Waals surface area contributed by atoms with Crippen LogP contribution in [0.2, 0.25) is 0 Å². The lowest BCUT2D eigenvalue weighted by atomic mass is 9.79. The molecule has 1 aliphatic rings. The Bertz CT molecular complexity index is 803. The first-order valence-corrected chi connectivity index (χ1v) is 10.5. The van der Waals surface area contributed by atoms with Gasteiger partial charge in [0.25, 0.3) is 0 Å². The summed E-state index contributed by atoms with van der Waals surface area (Å²) in [6.07, 6.45) is 2.45. The largest absolute Gasteiger partial charge is 0.342 e. The Kier molecular flexibility index (Phi) is 7.04. The van der Waals surface area contributed by atoms with Crippen LogP contribution in [0.3, 0.4) is 0 Å². The zero-order chi connectivity index (χ0) is 20.9. The molecule has 0 aliphatic carbocycles. The van der Waals surface area contributed by atoms with Crippen molar-refractivity contribution in [3.63, 3.8) is 0 Å². The van der Waals surface area contributed by atoms with E-state index in [0.717, 1.165) is 24.8 Å². The highest BCUT2D eigenvalue weighted by Crippen LogP contribution is 2.35. The van der Waals surface area contributed by atoms with Gasteiger partial charge < -0.3 is 16.0 Å². The van der Waals surface area contributed by atoms with E-state index in [9.17, 15) is 9.18 Å². The van der Waals surface area contributed by atoms with Crippen molar-refractivity contribution in [2.75, 3.05) is 26.7 Å². The number of nitrogens with one attached hydrogen (secondary N) is 1. The fourth-order valence-corrected chi connectivity index (χ4v) is 4.71. The number of nitrogens with two attached hydrogens (primary N) is 1. The van der Waals surface area contributed by atoms with E-state index in [2.05, 4.69) is 29.6 Å². The first-order valence-electron chi connectivity index (χ1n) is 10.5. The molecular weight excluding hydrogens is 365 g/mol. The molecule has 0 radical (unpaired) electrons. The number of hydrogen-bond donors (Lipinski definition) is 2. The molecule has 1 aliphatic heterocycles. The Labute approximate surface area is 173 Å². The molecule has 1 heterocycles. The number of amides is 1. The lowest BCUT2D eigenvalue weighted by molar-refractivity contribution is -0.138. The maximum atomic E-state index is 13.7. The molecule has 0 bridgehead atoms. The number of benzene rings is 2. The van der Waals surface area contributed by atoms with Gasteiger partial charge in [0.05, 0.1) is 5.92 Å². The average Bonchev–Trinajstić information content (AvgIpc) is 2.77. The van der Waals surface area contributed by atoms with Gasteiger partial charge in [-0.25, -0.2) is 4.39 Å². The summed E-state index contributed by atoms with van der Waals surface area (Å²) < 4.78 is 13.7. The quantitative estimate of drug-likeness (QED) is 0.750. The number of rotatable bonds is 7. The normalized spacial score (nSPS) is 18.3. The monoisotopic (exact) mass is 397 g/mol. The van der Waals surface area contributed by atoms with Crippen LogP contribution in [-0.4, -0.2) is 37.5 Å². The van der Waals surface area contributed by atoms with Crippen LogP contribution in [0.1, 0.15) is 43.2 Å². The molecule has 2 aromatic rings. The van der Waals surface area contributed by atoms with Gasteiger partial charge in [-0.05, 0) is 55.5 Å². The van der Waals surface area contributed by atoms with E-state index in [1.807, 2.05) is 31.0 Å². The first kappa shape index (κ1) is 21.5. The average molecular weight is 398 g/mol. The second-order valence-electron chi connectivity index (χ2n) is 7.94. The molecular formula is C24H32FN3O. The molecule has 1 saturated heterocycles. The Morgan fingerprint density at radius 2 is 1.86 bits per heavy atom. The molecule has 4 nitrogen and oxygen atoms in total. The molecule has 1 amide bonds. The number of carbonyl (C=O) groups is 1. The van der Waals surface area contributed by atoms with Gasteiger partial charge in [-0.2, -0.15) is 0 Å². The van der Waals surface area contributed by atoms with Crippen LogP contribution >= 0.6 is 0 Å². The highest BCUT2D eigenvalue weighted by Gasteiger charge is 2.38. The molecule has 2 aromatic carbocycles. The second kappa shape index (κ2) is 9.51. The van der Waals surface area contributed by atoms with Crippen molar-refractivity contribution >= 4 is 5.91 Å². The van der Waals surface area contributed by atoms with Gasteiger partial charge >= 0.3 is 0 Å². The third kappa shape index (κ3) is 4.51. The van der Waals surface area contributed by atoms with E-state index in [4.69, 9.17) is 5.73 Å². The number of likely N-dealkylation sites (tertiary alicyclic amines) is 1. The Balaban J connectivity index is 1.74. The molecule has 0 spiro atoms. The minimum atomic E-state index is -0.333. The molecule has 156 valence electrons. The fraction of sp³-hybridized carbons (Fsp3) is 0.458. The topological polar surface area (TPSA) is 58.4 Å². The smallest absolute Gasteiger partial charge is 0.227 e. The molecule has 3 rings (SSSR count). The SMILES string of the molecule is CCC(c1cccc(F)c1)C(CN)C(=O)N1CCC(NC)(c2ccccc2)CC1. The summed E-state index contributed by atoms with van der Waals surface area (Å²) in [4.78, 5) is 15.3. The van der Waals surface area contributed by atoms with Crippen molar-refractivity contribution in [1.82, 2.24) is 10.2 Å². The zero-order valence-electron chi connectivity index (χ0n) is 17.4. The van der Waals surface area contributed by atoms with E-state index in [0.29, 0.717) is 13.1 Å². The van der Waals surface area contributed by atoms with E-state index in [1.165, 1.54) is 17.7 Å². The van der Waals surface area contributed by atoms with Crippen molar-refractivity contribution in [1.29, 1.82) is 0 Å². The molecule has 2 atom stereocenters. The van der Waals surface area contributed by atoms with Crippen LogP contribution in [-0.2, 0) is 10.3 Å². The maximum absolute atomic E-state index is 13.7. The van der Waals surface area contributed by atoms with Gasteiger partial charge in [0.1, 0.15) is 5.82 Å². The molecule has 5 heteroatoms. The second-order valence-corrected chi connectivity index (χ2v) is 7.94. The van der Waals surface area contributed by atoms with Gasteiger partial charge in [-0.3, -0.25) is 4.79 Å². The number of halogens is 1. The number of hydrogen-bond acceptors (Lipinski definition) is 3. The maximum Gasteiger partial charge on any atom is 0.227 e. The van der Waals surface area contributed by atoms with Gasteiger partial charge in [-0.15, -0.1) is 0 Å². The summed E-state index contributed by atoms with van der Waals surface area (Å²) in [5.41, 5.74) is 8.05. The Morgan fingerprint density at radius 3 is 2.41 bits per heavy atom. The number of piperidine rings is 1. The number of nitrogens with zero attached hydrogens (tertiary/aromatic N) is 1. The number of carbonyl (C=O) groups excluding carboxylic acids is 1. The van der Waals surface area contributed by atoms with E-state index in [-0.39, 0.29) is 35.6 Å². The minimum absolute atomic E-state index is 0.0756. The highest BCUT2D eigenvalue weighted by molar-refractivity contribution is 5.80. The van der Waals surface area contributed by atoms with E-state index in [1.54, 1.807) is 6.07 Å². The summed E-state index contributed by atoms with van der Waals surface area (Å²) in [6, 6.07) is 17.0. The van der Waals surface area contributed by atoms with Crippen LogP contribution in [0.15, 0.2) is 54.6 Å². The van der Waals surface area contributed by atoms with E-state index < -0.39 is 0 Å². The van der Waals surface area contributed by atoms with Crippen LogP contribution in [0.25, 0.3) is 0 Å². The molecule has 29 heavy (non-hydrogen) atoms. The highest BCUT2D eigenvalue weighted by atomic mass is 19.1. The van der Waals surface area contributed by atoms with Crippen molar-refractivity contribution < 1.29 is 9.18 Å². The Hall–Kier alpha value is -2.24. The minimum Gasteiger partial charge on any atom is -0.342 e. The van der Waals surface area contributed by atoms with Crippen LogP contribution in [0.4, 0.5) is 4.39 Å². The van der Waals surface area contributed by atoms with Crippen LogP contribution < -0.4 is 11.1 Å². The molecule has 0 aromatic heterocycles. The van der Waals surface area contributed by atoms with Gasteiger partial charge in [-0.1, -0.05) is 49.4 Å². The van der Waals surface area contributed by atoms with E-state index >= 15 is 0 Å². The Morgan fingerprint density at radius 1 is 1.17 bits per heavy atom. The third-order valence-corrected chi connectivity index (χ3v) is 6.51. The molecule has 2 unspecified atom stereocenters. The summed E-state index contributed by atoms with van der Waals surface area (Å²) in [5, 5.41) is 3.50. The van der Waals surface area contributed by atoms with Crippen molar-refractivity contribution in [3.8, 4) is 0 Å². The fourth-order valence-electron chi connectivity index (χ4n) is 4.71. The van der Waals surface area contributed by atoms with Crippen molar-refractivity contribution in [3.05, 3.63) is 71.5 Å². The predicted octanol–water partition coefficient (Wildman–Crippen LogP) is 3.63. The zero-order valence-corrected chi connectivity index (χ0v) is 17.4. The lowest BCUT2D eigenvalue weighted by Gasteiger charge is -2.43. The molecule has 0 saturated carbocycles. The lowest BCUT2D eigenvalue weighted by Crippen LogP contribution is -2.53. The third-order valence-electron chi connectivity index (χ3n) is 6.51. The van der Waals surface area contributed by atoms with Crippen LogP contribution in [0, 0.1) is 11.7 Å². The summed E-state index contributed by atoms with van der Waals surface area (Å²) >= 11 is 0. The molecule has 3 N–H and O–H groups in total. The van der Waals surface area contributed by atoms with Crippen molar-refractivity contribution in [2.24, 2.45) is 11.7 Å². The standard InChI is InChI=1S/C24H32FN3O/c1-3-21(18-8-7-11-20(25)16-18)22(17-26)23(29)28-14-12-24(27-2,13-15-28)19-9-5-4-6-10-19/h4-11,16,21-22,27H,3,12-15,17,26H2,1-2H3. The summed E-state index contributed by atoms with van der Waals surface area (Å²) in [6.45, 7) is 3.67. The summed E-state index contributed by atoms with van der Waals surface area (Å²) in [7, 11) is 1.99. The van der Waals surface area contributed by atoms with Gasteiger partial charge in [0, 0.05) is 25.2 Å². The van der Waals surface area contributed by atoms with Crippen LogP contribution in [0.5, 0.6) is 0 Å². The van der Waals surface area contributed by atoms with Gasteiger partial charge in [0.2, 0.25) is 5.91 Å².